The molecule has 7 heteroatoms. The van der Waals surface area contributed by atoms with E-state index in [1.807, 2.05) is 42.5 Å². The fourth-order valence-electron chi connectivity index (χ4n) is 3.38. The molecule has 0 amide bonds. The summed E-state index contributed by atoms with van der Waals surface area (Å²) in [7, 11) is 0. The third-order valence-electron chi connectivity index (χ3n) is 4.95. The van der Waals surface area contributed by atoms with Crippen LogP contribution in [0.4, 0.5) is 5.69 Å². The van der Waals surface area contributed by atoms with Crippen LogP contribution in [0, 0.1) is 0 Å². The standard InChI is InChI=1S/C20H21ClN4O2/c1-14(19-22-23-20(27-19)15-5-4-6-16(21)13-15)24-9-11-25(12-10-24)17-7-2-3-8-18(17)26/h2-8,13-14,26H,9-12H2,1H3. The zero-order chi connectivity index (χ0) is 18.8. The van der Waals surface area contributed by atoms with E-state index in [-0.39, 0.29) is 6.04 Å². The highest BCUT2D eigenvalue weighted by atomic mass is 35.5. The Labute approximate surface area is 163 Å². The summed E-state index contributed by atoms with van der Waals surface area (Å²) < 4.78 is 5.89. The van der Waals surface area contributed by atoms with Crippen molar-refractivity contribution in [3.8, 4) is 17.2 Å². The Kier molecular flexibility index (Phi) is 5.01. The third kappa shape index (κ3) is 3.77. The molecule has 1 aromatic heterocycles. The van der Waals surface area contributed by atoms with Crippen LogP contribution in [0.3, 0.4) is 0 Å². The minimum absolute atomic E-state index is 0.0250. The summed E-state index contributed by atoms with van der Waals surface area (Å²) in [6, 6.07) is 14.9. The fraction of sp³-hybridized carbons (Fsp3) is 0.300. The molecule has 2 heterocycles. The molecule has 0 radical (unpaired) electrons. The zero-order valence-corrected chi connectivity index (χ0v) is 15.8. The largest absolute Gasteiger partial charge is 0.506 e. The summed E-state index contributed by atoms with van der Waals surface area (Å²) in [5.41, 5.74) is 1.70. The first kappa shape index (κ1) is 17.8. The van der Waals surface area contributed by atoms with Gasteiger partial charge < -0.3 is 14.4 Å². The molecule has 1 atom stereocenters. The average Bonchev–Trinajstić information content (AvgIpc) is 3.18. The van der Waals surface area contributed by atoms with Crippen LogP contribution < -0.4 is 4.90 Å². The zero-order valence-electron chi connectivity index (χ0n) is 15.0. The molecule has 0 bridgehead atoms. The van der Waals surface area contributed by atoms with E-state index in [2.05, 4.69) is 26.9 Å². The van der Waals surface area contributed by atoms with Gasteiger partial charge in [-0.25, -0.2) is 0 Å². The van der Waals surface area contributed by atoms with Gasteiger partial charge in [0.05, 0.1) is 11.7 Å². The first-order chi connectivity index (χ1) is 13.1. The van der Waals surface area contributed by atoms with Gasteiger partial charge in [0.25, 0.3) is 0 Å². The Balaban J connectivity index is 1.43. The van der Waals surface area contributed by atoms with Crippen LogP contribution >= 0.6 is 11.6 Å². The van der Waals surface area contributed by atoms with Crippen LogP contribution in [0.1, 0.15) is 18.9 Å². The van der Waals surface area contributed by atoms with Crippen molar-refractivity contribution in [2.24, 2.45) is 0 Å². The molecule has 27 heavy (non-hydrogen) atoms. The maximum Gasteiger partial charge on any atom is 0.247 e. The summed E-state index contributed by atoms with van der Waals surface area (Å²) >= 11 is 6.04. The predicted molar refractivity (Wildman–Crippen MR) is 105 cm³/mol. The summed E-state index contributed by atoms with van der Waals surface area (Å²) in [6.07, 6.45) is 0. The quantitative estimate of drug-likeness (QED) is 0.734. The van der Waals surface area contributed by atoms with Crippen molar-refractivity contribution in [3.05, 3.63) is 59.4 Å². The lowest BCUT2D eigenvalue weighted by atomic mass is 10.2. The van der Waals surface area contributed by atoms with Gasteiger partial charge in [-0.1, -0.05) is 29.8 Å². The third-order valence-corrected chi connectivity index (χ3v) is 5.19. The Morgan fingerprint density at radius 3 is 2.56 bits per heavy atom. The molecule has 1 aliphatic heterocycles. The highest BCUT2D eigenvalue weighted by Gasteiger charge is 2.26. The van der Waals surface area contributed by atoms with E-state index < -0.39 is 0 Å². The van der Waals surface area contributed by atoms with Gasteiger partial charge >= 0.3 is 0 Å². The highest BCUT2D eigenvalue weighted by molar-refractivity contribution is 6.30. The molecule has 3 aromatic rings. The summed E-state index contributed by atoms with van der Waals surface area (Å²) in [5.74, 6) is 1.40. The van der Waals surface area contributed by atoms with Crippen molar-refractivity contribution < 1.29 is 9.52 Å². The molecule has 4 rings (SSSR count). The van der Waals surface area contributed by atoms with Crippen LogP contribution in [0.2, 0.25) is 5.02 Å². The van der Waals surface area contributed by atoms with Gasteiger partial charge in [0.2, 0.25) is 11.8 Å². The van der Waals surface area contributed by atoms with Crippen molar-refractivity contribution in [1.82, 2.24) is 15.1 Å². The number of phenols is 1. The molecule has 2 aromatic carbocycles. The molecule has 1 saturated heterocycles. The normalized spacial score (nSPS) is 16.4. The first-order valence-electron chi connectivity index (χ1n) is 8.98. The number of benzene rings is 2. The molecule has 140 valence electrons. The van der Waals surface area contributed by atoms with Crippen LogP contribution in [0.25, 0.3) is 11.5 Å². The van der Waals surface area contributed by atoms with Crippen LogP contribution in [-0.4, -0.2) is 46.4 Å². The lowest BCUT2D eigenvalue weighted by Crippen LogP contribution is -2.47. The van der Waals surface area contributed by atoms with E-state index in [4.69, 9.17) is 16.0 Å². The topological polar surface area (TPSA) is 65.6 Å². The maximum atomic E-state index is 10.0. The van der Waals surface area contributed by atoms with Gasteiger partial charge in [-0.2, -0.15) is 0 Å². The van der Waals surface area contributed by atoms with Crippen LogP contribution in [0.15, 0.2) is 52.9 Å². The number of rotatable bonds is 4. The van der Waals surface area contributed by atoms with Crippen molar-refractivity contribution in [2.45, 2.75) is 13.0 Å². The number of piperazine rings is 1. The Bertz CT molecular complexity index is 922. The Morgan fingerprint density at radius 2 is 1.81 bits per heavy atom. The maximum absolute atomic E-state index is 10.0. The van der Waals surface area contributed by atoms with Crippen LogP contribution in [0.5, 0.6) is 5.75 Å². The molecule has 1 fully saturated rings. The number of hydrogen-bond donors (Lipinski definition) is 1. The Morgan fingerprint density at radius 1 is 1.04 bits per heavy atom. The minimum atomic E-state index is 0.0250. The lowest BCUT2D eigenvalue weighted by Gasteiger charge is -2.38. The molecule has 0 saturated carbocycles. The SMILES string of the molecule is CC(c1nnc(-c2cccc(Cl)c2)o1)N1CCN(c2ccccc2O)CC1. The molecular formula is C20H21ClN4O2. The second-order valence-corrected chi connectivity index (χ2v) is 7.08. The molecule has 0 spiro atoms. The molecule has 1 unspecified atom stereocenters. The average molecular weight is 385 g/mol. The monoisotopic (exact) mass is 384 g/mol. The number of aromatic nitrogens is 2. The van der Waals surface area contributed by atoms with Crippen molar-refractivity contribution in [1.29, 1.82) is 0 Å². The van der Waals surface area contributed by atoms with E-state index in [1.54, 1.807) is 6.07 Å². The second-order valence-electron chi connectivity index (χ2n) is 6.64. The molecule has 1 aliphatic rings. The Hall–Kier alpha value is -2.57. The van der Waals surface area contributed by atoms with E-state index >= 15 is 0 Å². The molecule has 0 aliphatic carbocycles. The van der Waals surface area contributed by atoms with E-state index in [0.29, 0.717) is 22.6 Å². The summed E-state index contributed by atoms with van der Waals surface area (Å²) in [5, 5.41) is 19.1. The van der Waals surface area contributed by atoms with Crippen molar-refractivity contribution in [2.75, 3.05) is 31.1 Å². The predicted octanol–water partition coefficient (Wildman–Crippen LogP) is 3.98. The number of aromatic hydroxyl groups is 1. The van der Waals surface area contributed by atoms with Gasteiger partial charge in [-0.3, -0.25) is 4.90 Å². The molecule has 1 N–H and O–H groups in total. The minimum Gasteiger partial charge on any atom is -0.506 e. The molecule has 6 nitrogen and oxygen atoms in total. The van der Waals surface area contributed by atoms with E-state index in [0.717, 1.165) is 37.4 Å². The van der Waals surface area contributed by atoms with Crippen molar-refractivity contribution in [3.63, 3.8) is 0 Å². The number of hydrogen-bond acceptors (Lipinski definition) is 6. The second kappa shape index (κ2) is 7.58. The van der Waals surface area contributed by atoms with Gasteiger partial charge in [0, 0.05) is 36.8 Å². The van der Waals surface area contributed by atoms with Crippen LogP contribution in [-0.2, 0) is 0 Å². The molecular weight excluding hydrogens is 364 g/mol. The number of nitrogens with zero attached hydrogens (tertiary/aromatic N) is 4. The van der Waals surface area contributed by atoms with Crippen molar-refractivity contribution >= 4 is 17.3 Å². The number of para-hydroxylation sites is 2. The van der Waals surface area contributed by atoms with E-state index in [1.165, 1.54) is 0 Å². The number of phenolic OH excluding ortho intramolecular Hbond substituents is 1. The fourth-order valence-corrected chi connectivity index (χ4v) is 3.57. The van der Waals surface area contributed by atoms with E-state index in [9.17, 15) is 5.11 Å². The lowest BCUT2D eigenvalue weighted by molar-refractivity contribution is 0.173. The highest BCUT2D eigenvalue weighted by Crippen LogP contribution is 2.30. The van der Waals surface area contributed by atoms with Gasteiger partial charge in [0.15, 0.2) is 0 Å². The first-order valence-corrected chi connectivity index (χ1v) is 9.36. The van der Waals surface area contributed by atoms with Gasteiger partial charge in [0.1, 0.15) is 5.75 Å². The number of halogens is 1. The summed E-state index contributed by atoms with van der Waals surface area (Å²) in [4.78, 5) is 4.51. The van der Waals surface area contributed by atoms with Gasteiger partial charge in [-0.05, 0) is 37.3 Å². The smallest absolute Gasteiger partial charge is 0.247 e. The van der Waals surface area contributed by atoms with Gasteiger partial charge in [-0.15, -0.1) is 10.2 Å². The summed E-state index contributed by atoms with van der Waals surface area (Å²) in [6.45, 7) is 5.44. The number of anilines is 1.